The van der Waals surface area contributed by atoms with Gasteiger partial charge in [-0.25, -0.2) is 15.0 Å². The minimum Gasteiger partial charge on any atom is -0.358 e. The smallest absolute Gasteiger partial charge is 0.171 e. The van der Waals surface area contributed by atoms with E-state index in [9.17, 15) is 0 Å². The first-order valence-electron chi connectivity index (χ1n) is 5.34. The zero-order chi connectivity index (χ0) is 12.4. The van der Waals surface area contributed by atoms with Crippen LogP contribution in [0.5, 0.6) is 0 Å². The summed E-state index contributed by atoms with van der Waals surface area (Å²) in [5.41, 5.74) is 1.70. The molecule has 2 N–H and O–H groups in total. The molecule has 5 nitrogen and oxygen atoms in total. The second kappa shape index (κ2) is 4.71. The summed E-state index contributed by atoms with van der Waals surface area (Å²) in [6, 6.07) is -0.00101. The topological polar surface area (TPSA) is 66.5 Å². The van der Waals surface area contributed by atoms with Crippen LogP contribution in [0.25, 0.3) is 0 Å². The molecule has 17 heavy (non-hydrogen) atoms. The van der Waals surface area contributed by atoms with Gasteiger partial charge in [0.05, 0.1) is 17.4 Å². The lowest BCUT2D eigenvalue weighted by Gasteiger charge is -2.14. The lowest BCUT2D eigenvalue weighted by atomic mass is 10.3. The third kappa shape index (κ3) is 2.55. The first kappa shape index (κ1) is 11.9. The summed E-state index contributed by atoms with van der Waals surface area (Å²) < 4.78 is 0. The summed E-state index contributed by atoms with van der Waals surface area (Å²) in [5.74, 6) is 1.42. The Kier molecular flexibility index (Phi) is 3.28. The molecule has 2 rings (SSSR count). The van der Waals surface area contributed by atoms with Gasteiger partial charge in [0.25, 0.3) is 0 Å². The molecule has 0 bridgehead atoms. The van der Waals surface area contributed by atoms with Gasteiger partial charge >= 0.3 is 0 Å². The number of halogens is 1. The van der Waals surface area contributed by atoms with Crippen molar-refractivity contribution in [3.63, 3.8) is 0 Å². The average molecular weight is 252 g/mol. The molecule has 0 fully saturated rings. The third-order valence-corrected chi connectivity index (χ3v) is 2.81. The van der Waals surface area contributed by atoms with E-state index in [2.05, 4.69) is 25.3 Å². The highest BCUT2D eigenvalue weighted by Gasteiger charge is 2.12. The maximum atomic E-state index is 6.04. The molecular weight excluding hydrogens is 238 g/mol. The van der Waals surface area contributed by atoms with Gasteiger partial charge in [0.15, 0.2) is 11.0 Å². The number of nitrogens with zero attached hydrogens (tertiary/aromatic N) is 3. The Bertz CT molecular complexity index is 509. The molecule has 0 aliphatic rings. The highest BCUT2D eigenvalue weighted by molar-refractivity contribution is 6.31. The predicted octanol–water partition coefficient (Wildman–Crippen LogP) is 2.64. The number of nitrogens with one attached hydrogen (secondary N) is 2. The van der Waals surface area contributed by atoms with E-state index in [-0.39, 0.29) is 6.04 Å². The van der Waals surface area contributed by atoms with Crippen molar-refractivity contribution < 1.29 is 0 Å². The second-order valence-electron chi connectivity index (χ2n) is 3.87. The van der Waals surface area contributed by atoms with Gasteiger partial charge in [-0.05, 0) is 20.8 Å². The fraction of sp³-hybridized carbons (Fsp3) is 0.364. The molecule has 2 aromatic rings. The van der Waals surface area contributed by atoms with Crippen LogP contribution >= 0.6 is 11.6 Å². The highest BCUT2D eigenvalue weighted by atomic mass is 35.5. The molecule has 90 valence electrons. The standard InChI is InChI=1S/C11H14ClN5/c1-6-7(2)16-11(9(12)15-6)17-8(3)10-13-4-5-14-10/h4-5,8H,1-3H3,(H,13,14)(H,16,17). The van der Waals surface area contributed by atoms with Gasteiger partial charge in [-0.15, -0.1) is 0 Å². The highest BCUT2D eigenvalue weighted by Crippen LogP contribution is 2.22. The molecule has 0 saturated carbocycles. The maximum Gasteiger partial charge on any atom is 0.171 e. The summed E-state index contributed by atoms with van der Waals surface area (Å²) in [5, 5.41) is 3.56. The molecule has 0 aliphatic carbocycles. The molecule has 0 radical (unpaired) electrons. The number of hydrogen-bond acceptors (Lipinski definition) is 4. The van der Waals surface area contributed by atoms with Crippen LogP contribution < -0.4 is 5.32 Å². The van der Waals surface area contributed by atoms with Crippen molar-refractivity contribution in [2.75, 3.05) is 5.32 Å². The number of rotatable bonds is 3. The van der Waals surface area contributed by atoms with E-state index in [0.717, 1.165) is 17.2 Å². The summed E-state index contributed by atoms with van der Waals surface area (Å²) in [6.07, 6.45) is 3.49. The van der Waals surface area contributed by atoms with Gasteiger partial charge < -0.3 is 10.3 Å². The zero-order valence-electron chi connectivity index (χ0n) is 9.95. The van der Waals surface area contributed by atoms with E-state index in [1.165, 1.54) is 0 Å². The number of hydrogen-bond donors (Lipinski definition) is 2. The van der Waals surface area contributed by atoms with Gasteiger partial charge in [-0.2, -0.15) is 0 Å². The van der Waals surface area contributed by atoms with Crippen molar-refractivity contribution >= 4 is 17.4 Å². The summed E-state index contributed by atoms with van der Waals surface area (Å²) in [6.45, 7) is 5.77. The lowest BCUT2D eigenvalue weighted by Crippen LogP contribution is -2.11. The molecule has 1 atom stereocenters. The predicted molar refractivity (Wildman–Crippen MR) is 67.1 cm³/mol. The van der Waals surface area contributed by atoms with Crippen molar-refractivity contribution in [2.24, 2.45) is 0 Å². The Morgan fingerprint density at radius 1 is 1.29 bits per heavy atom. The molecule has 0 saturated heterocycles. The Morgan fingerprint density at radius 2 is 2.00 bits per heavy atom. The largest absolute Gasteiger partial charge is 0.358 e. The molecule has 0 aliphatic heterocycles. The molecule has 2 heterocycles. The number of aryl methyl sites for hydroxylation is 2. The van der Waals surface area contributed by atoms with E-state index < -0.39 is 0 Å². The van der Waals surface area contributed by atoms with Gasteiger partial charge in [0.1, 0.15) is 5.82 Å². The van der Waals surface area contributed by atoms with Crippen LogP contribution in [0.15, 0.2) is 12.4 Å². The van der Waals surface area contributed by atoms with Crippen LogP contribution in [0.3, 0.4) is 0 Å². The average Bonchev–Trinajstić information content (AvgIpc) is 2.79. The minimum absolute atomic E-state index is 0.00101. The van der Waals surface area contributed by atoms with Gasteiger partial charge in [0.2, 0.25) is 0 Å². The van der Waals surface area contributed by atoms with Crippen molar-refractivity contribution in [3.05, 3.63) is 34.8 Å². The SMILES string of the molecule is Cc1nc(Cl)c(NC(C)c2ncc[nH]2)nc1C. The molecule has 6 heteroatoms. The van der Waals surface area contributed by atoms with Crippen LogP contribution in [0.1, 0.15) is 30.2 Å². The Labute approximate surface area is 105 Å². The first-order chi connectivity index (χ1) is 8.08. The normalized spacial score (nSPS) is 12.5. The summed E-state index contributed by atoms with van der Waals surface area (Å²) in [4.78, 5) is 15.8. The Hall–Kier alpha value is -1.62. The fourth-order valence-electron chi connectivity index (χ4n) is 1.46. The number of aromatic amines is 1. The van der Waals surface area contributed by atoms with Crippen LogP contribution in [-0.4, -0.2) is 19.9 Å². The van der Waals surface area contributed by atoms with Gasteiger partial charge in [0, 0.05) is 12.4 Å². The molecule has 1 unspecified atom stereocenters. The van der Waals surface area contributed by atoms with Crippen LogP contribution in [0.4, 0.5) is 5.82 Å². The molecule has 0 spiro atoms. The molecule has 2 aromatic heterocycles. The van der Waals surface area contributed by atoms with Crippen LogP contribution in [0.2, 0.25) is 5.15 Å². The third-order valence-electron chi connectivity index (χ3n) is 2.55. The van der Waals surface area contributed by atoms with E-state index in [1.54, 1.807) is 12.4 Å². The van der Waals surface area contributed by atoms with Crippen molar-refractivity contribution in [1.82, 2.24) is 19.9 Å². The number of aromatic nitrogens is 4. The zero-order valence-corrected chi connectivity index (χ0v) is 10.7. The van der Waals surface area contributed by atoms with Crippen LogP contribution in [-0.2, 0) is 0 Å². The maximum absolute atomic E-state index is 6.04. The number of anilines is 1. The molecule has 0 aromatic carbocycles. The quantitative estimate of drug-likeness (QED) is 0.880. The number of H-pyrrole nitrogens is 1. The second-order valence-corrected chi connectivity index (χ2v) is 4.23. The number of imidazole rings is 1. The van der Waals surface area contributed by atoms with Gasteiger partial charge in [-0.3, -0.25) is 0 Å². The van der Waals surface area contributed by atoms with E-state index >= 15 is 0 Å². The lowest BCUT2D eigenvalue weighted by molar-refractivity contribution is 0.799. The van der Waals surface area contributed by atoms with Gasteiger partial charge in [-0.1, -0.05) is 11.6 Å². The van der Waals surface area contributed by atoms with Crippen LogP contribution in [0, 0.1) is 13.8 Å². The van der Waals surface area contributed by atoms with Crippen molar-refractivity contribution in [2.45, 2.75) is 26.8 Å². The van der Waals surface area contributed by atoms with Crippen molar-refractivity contribution in [1.29, 1.82) is 0 Å². The minimum atomic E-state index is -0.00101. The van der Waals surface area contributed by atoms with E-state index in [0.29, 0.717) is 11.0 Å². The first-order valence-corrected chi connectivity index (χ1v) is 5.72. The Morgan fingerprint density at radius 3 is 2.65 bits per heavy atom. The Balaban J connectivity index is 2.22. The van der Waals surface area contributed by atoms with E-state index in [4.69, 9.17) is 11.6 Å². The monoisotopic (exact) mass is 251 g/mol. The van der Waals surface area contributed by atoms with Crippen molar-refractivity contribution in [3.8, 4) is 0 Å². The molecule has 0 amide bonds. The fourth-order valence-corrected chi connectivity index (χ4v) is 1.68. The molecular formula is C11H14ClN5. The summed E-state index contributed by atoms with van der Waals surface area (Å²) in [7, 11) is 0. The van der Waals surface area contributed by atoms with E-state index in [1.807, 2.05) is 20.8 Å². The summed E-state index contributed by atoms with van der Waals surface area (Å²) >= 11 is 6.04.